The van der Waals surface area contributed by atoms with Gasteiger partial charge in [0.2, 0.25) is 0 Å². The molecule has 0 radical (unpaired) electrons. The van der Waals surface area contributed by atoms with Gasteiger partial charge in [0.05, 0.1) is 24.9 Å². The van der Waals surface area contributed by atoms with E-state index in [1.54, 1.807) is 13.1 Å². The van der Waals surface area contributed by atoms with Crippen LogP contribution in [-0.2, 0) is 9.53 Å². The molecule has 20 heavy (non-hydrogen) atoms. The van der Waals surface area contributed by atoms with E-state index in [0.717, 1.165) is 0 Å². The van der Waals surface area contributed by atoms with Crippen molar-refractivity contribution >= 4 is 17.8 Å². The largest absolute Gasteiger partial charge is 0.481 e. The quantitative estimate of drug-likeness (QED) is 0.823. The number of carbonyl (C=O) groups is 2. The van der Waals surface area contributed by atoms with Crippen LogP contribution < -0.4 is 4.90 Å². The van der Waals surface area contributed by atoms with Crippen LogP contribution in [0.3, 0.4) is 0 Å². The Kier molecular flexibility index (Phi) is 3.87. The summed E-state index contributed by atoms with van der Waals surface area (Å²) in [4.78, 5) is 32.7. The van der Waals surface area contributed by atoms with Gasteiger partial charge in [-0.25, -0.2) is 9.78 Å². The summed E-state index contributed by atoms with van der Waals surface area (Å²) in [5.41, 5.74) is -0.541. The second kappa shape index (κ2) is 5.44. The lowest BCUT2D eigenvalue weighted by Gasteiger charge is -2.36. The van der Waals surface area contributed by atoms with Crippen LogP contribution in [0.2, 0.25) is 0 Å². The first-order valence-corrected chi connectivity index (χ1v) is 6.35. The minimum Gasteiger partial charge on any atom is -0.481 e. The molecule has 1 aromatic rings. The predicted molar refractivity (Wildman–Crippen MR) is 70.6 cm³/mol. The number of piperidine rings is 1. The molecule has 108 valence electrons. The molecule has 0 bridgehead atoms. The van der Waals surface area contributed by atoms with Crippen LogP contribution in [-0.4, -0.2) is 47.2 Å². The number of carboxylic acid groups (broad SMARTS) is 1. The summed E-state index contributed by atoms with van der Waals surface area (Å²) in [5.74, 6) is -0.737. The van der Waals surface area contributed by atoms with Crippen molar-refractivity contribution in [2.24, 2.45) is 5.41 Å². The lowest BCUT2D eigenvalue weighted by molar-refractivity contribution is -0.149. The molecule has 1 aliphatic rings. The Bertz CT molecular complexity index is 524. The van der Waals surface area contributed by atoms with Crippen molar-refractivity contribution in [3.05, 3.63) is 18.1 Å². The van der Waals surface area contributed by atoms with E-state index in [2.05, 4.69) is 14.7 Å². The first-order valence-electron chi connectivity index (χ1n) is 6.35. The van der Waals surface area contributed by atoms with E-state index in [1.165, 1.54) is 13.3 Å². The average molecular weight is 279 g/mol. The molecule has 1 aliphatic heterocycles. The summed E-state index contributed by atoms with van der Waals surface area (Å²) in [7, 11) is 1.29. The van der Waals surface area contributed by atoms with Crippen molar-refractivity contribution in [2.45, 2.75) is 19.8 Å². The molecule has 1 saturated heterocycles. The van der Waals surface area contributed by atoms with Gasteiger partial charge in [-0.15, -0.1) is 0 Å². The van der Waals surface area contributed by atoms with Crippen molar-refractivity contribution in [1.82, 2.24) is 9.97 Å². The minimum absolute atomic E-state index is 0.150. The number of ether oxygens (including phenoxy) is 1. The van der Waals surface area contributed by atoms with Crippen LogP contribution in [0.15, 0.2) is 12.4 Å². The third-order valence-electron chi connectivity index (χ3n) is 3.72. The summed E-state index contributed by atoms with van der Waals surface area (Å²) >= 11 is 0. The molecular formula is C13H17N3O4. The first-order chi connectivity index (χ1) is 9.46. The molecule has 0 aromatic carbocycles. The van der Waals surface area contributed by atoms with Crippen LogP contribution >= 0.6 is 0 Å². The molecule has 0 saturated carbocycles. The molecule has 0 spiro atoms. The Labute approximate surface area is 116 Å². The molecule has 2 rings (SSSR count). The Balaban J connectivity index is 2.11. The average Bonchev–Trinajstić information content (AvgIpc) is 2.47. The number of aromatic nitrogens is 2. The lowest BCUT2D eigenvalue weighted by atomic mass is 9.80. The predicted octanol–water partition coefficient (Wildman–Crippen LogP) is 0.954. The third kappa shape index (κ3) is 2.71. The standard InChI is InChI=1S/C13H17N3O4/c1-13(12(18)19)3-5-16(6-4-13)10-8-14-7-9(15-10)11(17)20-2/h7-8H,3-6H2,1-2H3,(H,18,19). The monoisotopic (exact) mass is 279 g/mol. The van der Waals surface area contributed by atoms with Gasteiger partial charge in [-0.2, -0.15) is 0 Å². The zero-order valence-electron chi connectivity index (χ0n) is 11.5. The second-order valence-corrected chi connectivity index (χ2v) is 5.11. The van der Waals surface area contributed by atoms with E-state index < -0.39 is 17.4 Å². The van der Waals surface area contributed by atoms with Gasteiger partial charge in [-0.3, -0.25) is 9.78 Å². The molecule has 7 heteroatoms. The second-order valence-electron chi connectivity index (χ2n) is 5.11. The van der Waals surface area contributed by atoms with Crippen LogP contribution in [0.1, 0.15) is 30.3 Å². The summed E-state index contributed by atoms with van der Waals surface area (Å²) in [6, 6.07) is 0. The van der Waals surface area contributed by atoms with E-state index in [9.17, 15) is 14.7 Å². The fourth-order valence-electron chi connectivity index (χ4n) is 2.15. The van der Waals surface area contributed by atoms with E-state index in [4.69, 9.17) is 0 Å². The van der Waals surface area contributed by atoms with Crippen molar-refractivity contribution in [3.8, 4) is 0 Å². The molecule has 7 nitrogen and oxygen atoms in total. The van der Waals surface area contributed by atoms with Crippen molar-refractivity contribution < 1.29 is 19.4 Å². The summed E-state index contributed by atoms with van der Waals surface area (Å²) in [6.07, 6.45) is 3.98. The number of hydrogen-bond donors (Lipinski definition) is 1. The first kappa shape index (κ1) is 14.2. The van der Waals surface area contributed by atoms with Gasteiger partial charge in [0.15, 0.2) is 5.69 Å². The molecule has 0 amide bonds. The number of aliphatic carboxylic acids is 1. The maximum atomic E-state index is 11.4. The highest BCUT2D eigenvalue weighted by atomic mass is 16.5. The molecule has 0 unspecified atom stereocenters. The summed E-state index contributed by atoms with van der Waals surface area (Å²) < 4.78 is 4.61. The van der Waals surface area contributed by atoms with Crippen LogP contribution in [0, 0.1) is 5.41 Å². The van der Waals surface area contributed by atoms with Crippen LogP contribution in [0.4, 0.5) is 5.82 Å². The molecular weight excluding hydrogens is 262 g/mol. The maximum absolute atomic E-state index is 11.4. The fourth-order valence-corrected chi connectivity index (χ4v) is 2.15. The number of carboxylic acids is 1. The molecule has 0 atom stereocenters. The van der Waals surface area contributed by atoms with Gasteiger partial charge >= 0.3 is 11.9 Å². The maximum Gasteiger partial charge on any atom is 0.358 e. The normalized spacial score (nSPS) is 17.6. The van der Waals surface area contributed by atoms with Crippen LogP contribution in [0.25, 0.3) is 0 Å². The van der Waals surface area contributed by atoms with Crippen molar-refractivity contribution in [3.63, 3.8) is 0 Å². The SMILES string of the molecule is COC(=O)c1cncc(N2CCC(C)(C(=O)O)CC2)n1. The van der Waals surface area contributed by atoms with Gasteiger partial charge in [-0.05, 0) is 19.8 Å². The van der Waals surface area contributed by atoms with Crippen molar-refractivity contribution in [1.29, 1.82) is 0 Å². The topological polar surface area (TPSA) is 92.6 Å². The van der Waals surface area contributed by atoms with E-state index in [-0.39, 0.29) is 5.69 Å². The molecule has 1 N–H and O–H groups in total. The number of rotatable bonds is 3. The number of carbonyl (C=O) groups excluding carboxylic acids is 1. The van der Waals surface area contributed by atoms with Gasteiger partial charge in [0.25, 0.3) is 0 Å². The Hall–Kier alpha value is -2.18. The Morgan fingerprint density at radius 1 is 1.35 bits per heavy atom. The number of nitrogens with zero attached hydrogens (tertiary/aromatic N) is 3. The number of hydrogen-bond acceptors (Lipinski definition) is 6. The Morgan fingerprint density at radius 2 is 2.00 bits per heavy atom. The third-order valence-corrected chi connectivity index (χ3v) is 3.72. The zero-order valence-corrected chi connectivity index (χ0v) is 11.5. The number of anilines is 1. The number of methoxy groups -OCH3 is 1. The smallest absolute Gasteiger partial charge is 0.358 e. The van der Waals surface area contributed by atoms with E-state index >= 15 is 0 Å². The highest BCUT2D eigenvalue weighted by molar-refractivity contribution is 5.87. The highest BCUT2D eigenvalue weighted by Gasteiger charge is 2.37. The minimum atomic E-state index is -0.772. The molecule has 1 aromatic heterocycles. The van der Waals surface area contributed by atoms with Gasteiger partial charge in [0, 0.05) is 13.1 Å². The number of esters is 1. The summed E-state index contributed by atoms with van der Waals surface area (Å²) in [5, 5.41) is 9.20. The summed E-state index contributed by atoms with van der Waals surface area (Å²) in [6.45, 7) is 2.90. The van der Waals surface area contributed by atoms with Gasteiger partial charge < -0.3 is 14.7 Å². The zero-order chi connectivity index (χ0) is 14.8. The highest BCUT2D eigenvalue weighted by Crippen LogP contribution is 2.32. The molecule has 1 fully saturated rings. The van der Waals surface area contributed by atoms with E-state index in [1.807, 2.05) is 4.90 Å². The Morgan fingerprint density at radius 3 is 2.55 bits per heavy atom. The van der Waals surface area contributed by atoms with Gasteiger partial charge in [-0.1, -0.05) is 0 Å². The fraction of sp³-hybridized carbons (Fsp3) is 0.538. The van der Waals surface area contributed by atoms with E-state index in [0.29, 0.717) is 31.7 Å². The lowest BCUT2D eigenvalue weighted by Crippen LogP contribution is -2.43. The van der Waals surface area contributed by atoms with Gasteiger partial charge in [0.1, 0.15) is 5.82 Å². The molecule has 0 aliphatic carbocycles. The molecule has 2 heterocycles. The van der Waals surface area contributed by atoms with Crippen LogP contribution in [0.5, 0.6) is 0 Å². The van der Waals surface area contributed by atoms with Crippen molar-refractivity contribution in [2.75, 3.05) is 25.1 Å².